The second-order valence-electron chi connectivity index (χ2n) is 8.45. The zero-order chi connectivity index (χ0) is 22.1. The van der Waals surface area contributed by atoms with Crippen molar-refractivity contribution < 1.29 is 19.7 Å². The smallest absolute Gasteiger partial charge is 0.408 e. The predicted molar refractivity (Wildman–Crippen MR) is 119 cm³/mol. The van der Waals surface area contributed by atoms with Gasteiger partial charge >= 0.3 is 6.09 Å². The normalized spacial score (nSPS) is 13.5. The van der Waals surface area contributed by atoms with Crippen molar-refractivity contribution >= 4 is 6.09 Å². The molecule has 0 unspecified atom stereocenters. The lowest BCUT2D eigenvalue weighted by atomic mass is 9.94. The number of hydrogen-bond acceptors (Lipinski definition) is 4. The van der Waals surface area contributed by atoms with Crippen molar-refractivity contribution in [1.29, 1.82) is 0 Å². The SMILES string of the molecule is COc1cccc(CCNC[C@H](O)[C@H](Cc2ccccc2)N(C(=O)O)C(C)(C)C)c1. The maximum absolute atomic E-state index is 12.0. The topological polar surface area (TPSA) is 82.0 Å². The van der Waals surface area contributed by atoms with E-state index in [1.807, 2.05) is 75.4 Å². The average molecular weight is 415 g/mol. The summed E-state index contributed by atoms with van der Waals surface area (Å²) < 4.78 is 5.25. The Kier molecular flexibility index (Phi) is 8.69. The predicted octanol–water partition coefficient (Wildman–Crippen LogP) is 3.58. The molecule has 0 saturated heterocycles. The van der Waals surface area contributed by atoms with Gasteiger partial charge in [-0.3, -0.25) is 4.90 Å². The molecular formula is C24H34N2O4. The summed E-state index contributed by atoms with van der Waals surface area (Å²) in [5.74, 6) is 0.817. The third-order valence-corrected chi connectivity index (χ3v) is 5.07. The lowest BCUT2D eigenvalue weighted by molar-refractivity contribution is 0.00792. The van der Waals surface area contributed by atoms with E-state index in [-0.39, 0.29) is 0 Å². The molecule has 2 rings (SSSR count). The highest BCUT2D eigenvalue weighted by molar-refractivity contribution is 5.66. The van der Waals surface area contributed by atoms with E-state index >= 15 is 0 Å². The molecule has 2 atom stereocenters. The second-order valence-corrected chi connectivity index (χ2v) is 8.45. The molecule has 2 aromatic rings. The van der Waals surface area contributed by atoms with Gasteiger partial charge in [-0.15, -0.1) is 0 Å². The molecule has 2 aromatic carbocycles. The maximum Gasteiger partial charge on any atom is 0.408 e. The van der Waals surface area contributed by atoms with E-state index in [1.54, 1.807) is 7.11 Å². The van der Waals surface area contributed by atoms with Crippen LogP contribution in [0.15, 0.2) is 54.6 Å². The van der Waals surface area contributed by atoms with Crippen molar-refractivity contribution in [3.8, 4) is 5.75 Å². The van der Waals surface area contributed by atoms with Crippen molar-refractivity contribution in [3.63, 3.8) is 0 Å². The van der Waals surface area contributed by atoms with Crippen molar-refractivity contribution in [2.24, 2.45) is 0 Å². The first-order valence-electron chi connectivity index (χ1n) is 10.3. The van der Waals surface area contributed by atoms with Gasteiger partial charge in [0.1, 0.15) is 5.75 Å². The minimum Gasteiger partial charge on any atom is -0.497 e. The van der Waals surface area contributed by atoms with Crippen LogP contribution in [0, 0.1) is 0 Å². The Bertz CT molecular complexity index is 789. The van der Waals surface area contributed by atoms with Crippen molar-refractivity contribution in [2.45, 2.75) is 51.3 Å². The van der Waals surface area contributed by atoms with Crippen LogP contribution in [0.5, 0.6) is 5.75 Å². The molecule has 0 aliphatic carbocycles. The summed E-state index contributed by atoms with van der Waals surface area (Å²) in [5.41, 5.74) is 1.50. The highest BCUT2D eigenvalue weighted by Gasteiger charge is 2.37. The number of carboxylic acid groups (broad SMARTS) is 1. The van der Waals surface area contributed by atoms with Gasteiger partial charge in [0.05, 0.1) is 19.3 Å². The zero-order valence-electron chi connectivity index (χ0n) is 18.3. The van der Waals surface area contributed by atoms with E-state index in [4.69, 9.17) is 4.74 Å². The molecule has 0 bridgehead atoms. The summed E-state index contributed by atoms with van der Waals surface area (Å²) in [4.78, 5) is 13.4. The summed E-state index contributed by atoms with van der Waals surface area (Å²) in [7, 11) is 1.64. The number of amides is 1. The first-order chi connectivity index (χ1) is 14.2. The molecule has 0 aliphatic heterocycles. The number of benzene rings is 2. The number of ether oxygens (including phenoxy) is 1. The number of methoxy groups -OCH3 is 1. The van der Waals surface area contributed by atoms with Crippen LogP contribution in [-0.4, -0.2) is 59.1 Å². The van der Waals surface area contributed by atoms with Gasteiger partial charge in [0.25, 0.3) is 0 Å². The molecular weight excluding hydrogens is 380 g/mol. The molecule has 0 aromatic heterocycles. The number of aliphatic hydroxyl groups excluding tert-OH is 1. The Morgan fingerprint density at radius 3 is 2.37 bits per heavy atom. The van der Waals surface area contributed by atoms with Gasteiger partial charge in [-0.2, -0.15) is 0 Å². The number of nitrogens with one attached hydrogen (secondary N) is 1. The first-order valence-corrected chi connectivity index (χ1v) is 10.3. The fourth-order valence-electron chi connectivity index (χ4n) is 3.63. The van der Waals surface area contributed by atoms with E-state index in [2.05, 4.69) is 5.32 Å². The largest absolute Gasteiger partial charge is 0.497 e. The van der Waals surface area contributed by atoms with Gasteiger partial charge in [0.15, 0.2) is 0 Å². The third kappa shape index (κ3) is 7.04. The number of rotatable bonds is 10. The zero-order valence-corrected chi connectivity index (χ0v) is 18.3. The average Bonchev–Trinajstić information content (AvgIpc) is 2.70. The van der Waals surface area contributed by atoms with E-state index in [0.29, 0.717) is 19.5 Å². The lowest BCUT2D eigenvalue weighted by Crippen LogP contribution is -2.58. The molecule has 0 fully saturated rings. The molecule has 30 heavy (non-hydrogen) atoms. The molecule has 0 aliphatic rings. The van der Waals surface area contributed by atoms with E-state index in [0.717, 1.165) is 23.3 Å². The van der Waals surface area contributed by atoms with E-state index in [1.165, 1.54) is 4.90 Å². The van der Waals surface area contributed by atoms with Gasteiger partial charge in [0.2, 0.25) is 0 Å². The first kappa shape index (κ1) is 23.7. The summed E-state index contributed by atoms with van der Waals surface area (Å²) in [6.45, 7) is 6.53. The molecule has 0 heterocycles. The summed E-state index contributed by atoms with van der Waals surface area (Å²) in [6.07, 6.45) is -0.636. The van der Waals surface area contributed by atoms with E-state index in [9.17, 15) is 15.0 Å². The van der Waals surface area contributed by atoms with E-state index < -0.39 is 23.8 Å². The Hall–Kier alpha value is -2.57. The second kappa shape index (κ2) is 11.0. The van der Waals surface area contributed by atoms with Crippen molar-refractivity contribution in [1.82, 2.24) is 10.2 Å². The number of aliphatic hydroxyl groups is 1. The quantitative estimate of drug-likeness (QED) is 0.518. The van der Waals surface area contributed by atoms with Crippen molar-refractivity contribution in [3.05, 3.63) is 65.7 Å². The minimum atomic E-state index is -1.03. The van der Waals surface area contributed by atoms with Crippen LogP contribution in [0.2, 0.25) is 0 Å². The van der Waals surface area contributed by atoms with Crippen LogP contribution >= 0.6 is 0 Å². The van der Waals surface area contributed by atoms with Crippen molar-refractivity contribution in [2.75, 3.05) is 20.2 Å². The fourth-order valence-corrected chi connectivity index (χ4v) is 3.63. The highest BCUT2D eigenvalue weighted by Crippen LogP contribution is 2.22. The Morgan fingerprint density at radius 1 is 1.10 bits per heavy atom. The molecule has 3 N–H and O–H groups in total. The molecule has 0 saturated carbocycles. The Labute approximate surface area is 179 Å². The standard InChI is InChI=1S/C24H34N2O4/c1-24(2,3)26(23(28)29)21(16-18-9-6-5-7-10-18)22(27)17-25-14-13-19-11-8-12-20(15-19)30-4/h5-12,15,21-22,25,27H,13-14,16-17H2,1-4H3,(H,28,29)/t21-,22-/m0/s1. The third-order valence-electron chi connectivity index (χ3n) is 5.07. The minimum absolute atomic E-state index is 0.307. The molecule has 164 valence electrons. The van der Waals surface area contributed by atoms with Crippen LogP contribution in [0.4, 0.5) is 4.79 Å². The number of nitrogens with zero attached hydrogens (tertiary/aromatic N) is 1. The summed E-state index contributed by atoms with van der Waals surface area (Å²) in [6, 6.07) is 17.0. The molecule has 0 spiro atoms. The molecule has 6 nitrogen and oxygen atoms in total. The van der Waals surface area contributed by atoms with Gasteiger partial charge in [-0.05, 0) is 63.4 Å². The number of carbonyl (C=O) groups is 1. The summed E-state index contributed by atoms with van der Waals surface area (Å²) >= 11 is 0. The molecule has 1 amide bonds. The maximum atomic E-state index is 12.0. The van der Waals surface area contributed by atoms with Crippen LogP contribution in [0.1, 0.15) is 31.9 Å². The van der Waals surface area contributed by atoms with Crippen LogP contribution in [-0.2, 0) is 12.8 Å². The van der Waals surface area contributed by atoms with Crippen LogP contribution in [0.25, 0.3) is 0 Å². The summed E-state index contributed by atoms with van der Waals surface area (Å²) in [5, 5.41) is 24.1. The van der Waals surface area contributed by atoms with Gasteiger partial charge < -0.3 is 20.3 Å². The Balaban J connectivity index is 2.04. The lowest BCUT2D eigenvalue weighted by Gasteiger charge is -2.42. The number of hydrogen-bond donors (Lipinski definition) is 3. The van der Waals surface area contributed by atoms with Gasteiger partial charge in [-0.25, -0.2) is 4.79 Å². The van der Waals surface area contributed by atoms with Crippen LogP contribution < -0.4 is 10.1 Å². The molecule has 6 heteroatoms. The van der Waals surface area contributed by atoms with Crippen LogP contribution in [0.3, 0.4) is 0 Å². The van der Waals surface area contributed by atoms with Gasteiger partial charge in [-0.1, -0.05) is 42.5 Å². The monoisotopic (exact) mass is 414 g/mol. The Morgan fingerprint density at radius 2 is 1.77 bits per heavy atom. The van der Waals surface area contributed by atoms with Gasteiger partial charge in [0, 0.05) is 12.1 Å². The molecule has 0 radical (unpaired) electrons. The highest BCUT2D eigenvalue weighted by atomic mass is 16.5. The fraction of sp³-hybridized carbons (Fsp3) is 0.458.